The minimum atomic E-state index is -0.122. The van der Waals surface area contributed by atoms with Crippen LogP contribution in [0.1, 0.15) is 39.4 Å². The number of hydrogen-bond acceptors (Lipinski definition) is 5. The van der Waals surface area contributed by atoms with Crippen molar-refractivity contribution in [2.24, 2.45) is 5.92 Å². The zero-order valence-corrected chi connectivity index (χ0v) is 17.9. The maximum absolute atomic E-state index is 12.6. The highest BCUT2D eigenvalue weighted by molar-refractivity contribution is 5.81. The van der Waals surface area contributed by atoms with Gasteiger partial charge in [-0.1, -0.05) is 0 Å². The summed E-state index contributed by atoms with van der Waals surface area (Å²) in [5.74, 6) is 3.77. The van der Waals surface area contributed by atoms with Crippen LogP contribution in [0.4, 0.5) is 5.82 Å². The van der Waals surface area contributed by atoms with Crippen LogP contribution in [0.15, 0.2) is 18.2 Å². The van der Waals surface area contributed by atoms with Gasteiger partial charge in [-0.15, -0.1) is 0 Å². The number of anilines is 1. The molecule has 1 aromatic heterocycles. The van der Waals surface area contributed by atoms with Crippen LogP contribution in [0.25, 0.3) is 11.3 Å². The van der Waals surface area contributed by atoms with Gasteiger partial charge in [0.15, 0.2) is 11.5 Å². The predicted octanol–water partition coefficient (Wildman–Crippen LogP) is 3.53. The Kier molecular flexibility index (Phi) is 4.92. The Balaban J connectivity index is 1.74. The summed E-state index contributed by atoms with van der Waals surface area (Å²) >= 11 is 0. The molecule has 2 aliphatic rings. The third-order valence-electron chi connectivity index (χ3n) is 5.36. The predicted molar refractivity (Wildman–Crippen MR) is 112 cm³/mol. The van der Waals surface area contributed by atoms with Crippen molar-refractivity contribution in [3.8, 4) is 22.8 Å². The van der Waals surface area contributed by atoms with Crippen molar-refractivity contribution in [3.63, 3.8) is 0 Å². The van der Waals surface area contributed by atoms with Crippen molar-refractivity contribution in [1.29, 1.82) is 0 Å². The Bertz CT molecular complexity index is 925. The van der Waals surface area contributed by atoms with Crippen LogP contribution in [0, 0.1) is 5.92 Å². The SMILES string of the molecule is COc1ccc(-c2nc3n(c2NC(C)(C)C)CCN(C(=O)C2CC2)C3)cc1OC. The Morgan fingerprint density at radius 1 is 1.14 bits per heavy atom. The van der Waals surface area contributed by atoms with Gasteiger partial charge in [-0.05, 0) is 51.8 Å². The molecule has 1 fully saturated rings. The number of ether oxygens (including phenoxy) is 2. The molecule has 0 radical (unpaired) electrons. The molecule has 4 rings (SSSR count). The molecule has 1 N–H and O–H groups in total. The molecule has 0 saturated heterocycles. The number of benzene rings is 1. The van der Waals surface area contributed by atoms with Crippen molar-refractivity contribution in [2.75, 3.05) is 26.1 Å². The molecule has 1 aliphatic carbocycles. The summed E-state index contributed by atoms with van der Waals surface area (Å²) in [4.78, 5) is 19.5. The zero-order valence-electron chi connectivity index (χ0n) is 17.9. The maximum atomic E-state index is 12.6. The van der Waals surface area contributed by atoms with Gasteiger partial charge < -0.3 is 24.3 Å². The van der Waals surface area contributed by atoms with E-state index >= 15 is 0 Å². The summed E-state index contributed by atoms with van der Waals surface area (Å²) in [6.07, 6.45) is 2.05. The largest absolute Gasteiger partial charge is 0.493 e. The molecule has 156 valence electrons. The number of aromatic nitrogens is 2. The van der Waals surface area contributed by atoms with Gasteiger partial charge in [-0.3, -0.25) is 4.79 Å². The Hall–Kier alpha value is -2.70. The van der Waals surface area contributed by atoms with E-state index in [0.29, 0.717) is 18.0 Å². The number of methoxy groups -OCH3 is 2. The first-order chi connectivity index (χ1) is 13.8. The Labute approximate surface area is 172 Å². The number of carbonyl (C=O) groups excluding carboxylic acids is 1. The highest BCUT2D eigenvalue weighted by Gasteiger charge is 2.36. The summed E-state index contributed by atoms with van der Waals surface area (Å²) in [5.41, 5.74) is 1.70. The normalized spacial score (nSPS) is 16.4. The molecule has 2 heterocycles. The standard InChI is InChI=1S/C22H30N4O3/c1-22(2,3)24-20-19(15-8-9-16(28-4)17(12-15)29-5)23-18-13-25(10-11-26(18)20)21(27)14-6-7-14/h8-9,12,14,24H,6-7,10-11,13H2,1-5H3. The van der Waals surface area contributed by atoms with Crippen molar-refractivity contribution in [3.05, 3.63) is 24.0 Å². The number of amides is 1. The van der Waals surface area contributed by atoms with Crippen LogP contribution in [0.2, 0.25) is 0 Å². The molecule has 1 aliphatic heterocycles. The highest BCUT2D eigenvalue weighted by Crippen LogP contribution is 2.38. The molecule has 1 amide bonds. The second-order valence-corrected chi connectivity index (χ2v) is 8.86. The fourth-order valence-electron chi connectivity index (χ4n) is 3.77. The van der Waals surface area contributed by atoms with Crippen LogP contribution in [-0.4, -0.2) is 46.7 Å². The van der Waals surface area contributed by atoms with Crippen LogP contribution in [-0.2, 0) is 17.9 Å². The monoisotopic (exact) mass is 398 g/mol. The molecule has 1 aromatic carbocycles. The van der Waals surface area contributed by atoms with E-state index < -0.39 is 0 Å². The molecule has 0 bridgehead atoms. The molecule has 0 spiro atoms. The fourth-order valence-corrected chi connectivity index (χ4v) is 3.77. The second kappa shape index (κ2) is 7.28. The molecule has 0 unspecified atom stereocenters. The van der Waals surface area contributed by atoms with Gasteiger partial charge in [-0.25, -0.2) is 4.98 Å². The first-order valence-electron chi connectivity index (χ1n) is 10.2. The van der Waals surface area contributed by atoms with Gasteiger partial charge in [0.25, 0.3) is 0 Å². The van der Waals surface area contributed by atoms with E-state index in [1.807, 2.05) is 23.1 Å². The Morgan fingerprint density at radius 3 is 2.48 bits per heavy atom. The van der Waals surface area contributed by atoms with E-state index in [1.165, 1.54) is 0 Å². The average Bonchev–Trinajstić information content (AvgIpc) is 3.49. The lowest BCUT2D eigenvalue weighted by Crippen LogP contribution is -2.40. The quantitative estimate of drug-likeness (QED) is 0.834. The summed E-state index contributed by atoms with van der Waals surface area (Å²) in [5, 5.41) is 3.63. The number of fused-ring (bicyclic) bond motifs is 1. The molecule has 0 atom stereocenters. The average molecular weight is 399 g/mol. The first-order valence-corrected chi connectivity index (χ1v) is 10.2. The minimum Gasteiger partial charge on any atom is -0.493 e. The van der Waals surface area contributed by atoms with Gasteiger partial charge in [0.05, 0.1) is 20.8 Å². The van der Waals surface area contributed by atoms with Crippen molar-refractivity contribution in [1.82, 2.24) is 14.5 Å². The number of carbonyl (C=O) groups is 1. The molecule has 2 aromatic rings. The van der Waals surface area contributed by atoms with Gasteiger partial charge in [0.2, 0.25) is 5.91 Å². The zero-order chi connectivity index (χ0) is 20.8. The second-order valence-electron chi connectivity index (χ2n) is 8.86. The fraction of sp³-hybridized carbons (Fsp3) is 0.545. The molecule has 1 saturated carbocycles. The van der Waals surface area contributed by atoms with Crippen molar-refractivity contribution in [2.45, 2.75) is 52.2 Å². The lowest BCUT2D eigenvalue weighted by molar-refractivity contribution is -0.134. The van der Waals surface area contributed by atoms with Gasteiger partial charge in [0.1, 0.15) is 17.3 Å². The molecule has 7 nitrogen and oxygen atoms in total. The van der Waals surface area contributed by atoms with E-state index in [9.17, 15) is 4.79 Å². The van der Waals surface area contributed by atoms with E-state index in [-0.39, 0.29) is 17.4 Å². The molecular weight excluding hydrogens is 368 g/mol. The van der Waals surface area contributed by atoms with E-state index in [4.69, 9.17) is 14.5 Å². The minimum absolute atomic E-state index is 0.122. The number of rotatable bonds is 5. The third-order valence-corrected chi connectivity index (χ3v) is 5.36. The van der Waals surface area contributed by atoms with Gasteiger partial charge in [-0.2, -0.15) is 0 Å². The van der Waals surface area contributed by atoms with Crippen molar-refractivity contribution >= 4 is 11.7 Å². The van der Waals surface area contributed by atoms with Crippen LogP contribution in [0.5, 0.6) is 11.5 Å². The van der Waals surface area contributed by atoms with E-state index in [0.717, 1.165) is 48.8 Å². The molecule has 29 heavy (non-hydrogen) atoms. The van der Waals surface area contributed by atoms with Crippen LogP contribution >= 0.6 is 0 Å². The summed E-state index contributed by atoms with van der Waals surface area (Å²) in [6.45, 7) is 8.43. The topological polar surface area (TPSA) is 68.6 Å². The summed E-state index contributed by atoms with van der Waals surface area (Å²) in [6, 6.07) is 5.85. The smallest absolute Gasteiger partial charge is 0.226 e. The molecular formula is C22H30N4O3. The van der Waals surface area contributed by atoms with E-state index in [2.05, 4.69) is 30.7 Å². The highest BCUT2D eigenvalue weighted by atomic mass is 16.5. The maximum Gasteiger partial charge on any atom is 0.226 e. The summed E-state index contributed by atoms with van der Waals surface area (Å²) < 4.78 is 13.1. The number of imidazole rings is 1. The van der Waals surface area contributed by atoms with Gasteiger partial charge >= 0.3 is 0 Å². The third kappa shape index (κ3) is 3.91. The van der Waals surface area contributed by atoms with Crippen LogP contribution < -0.4 is 14.8 Å². The first kappa shape index (κ1) is 19.6. The van der Waals surface area contributed by atoms with Crippen LogP contribution in [0.3, 0.4) is 0 Å². The lowest BCUT2D eigenvalue weighted by atomic mass is 10.1. The summed E-state index contributed by atoms with van der Waals surface area (Å²) in [7, 11) is 3.26. The number of nitrogens with one attached hydrogen (secondary N) is 1. The molecule has 7 heteroatoms. The number of nitrogens with zero attached hydrogens (tertiary/aromatic N) is 3. The van der Waals surface area contributed by atoms with Gasteiger partial charge in [0, 0.05) is 30.1 Å². The van der Waals surface area contributed by atoms with Crippen molar-refractivity contribution < 1.29 is 14.3 Å². The lowest BCUT2D eigenvalue weighted by Gasteiger charge is -2.30. The Morgan fingerprint density at radius 2 is 1.86 bits per heavy atom. The number of hydrogen-bond donors (Lipinski definition) is 1. The van der Waals surface area contributed by atoms with E-state index in [1.54, 1.807) is 14.2 Å².